The number of aryl methyl sites for hydroxylation is 1. The number of benzene rings is 2. The Labute approximate surface area is 131 Å². The Hall–Kier alpha value is -1.56. The summed E-state index contributed by atoms with van der Waals surface area (Å²) in [5.41, 5.74) is 2.13. The average molecular weight is 378 g/mol. The van der Waals surface area contributed by atoms with Crippen molar-refractivity contribution in [3.63, 3.8) is 0 Å². The lowest BCUT2D eigenvalue weighted by atomic mass is 10.1. The zero-order chi connectivity index (χ0) is 13.9. The van der Waals surface area contributed by atoms with Crippen molar-refractivity contribution in [1.82, 2.24) is 9.78 Å². The number of nitrogens with zero attached hydrogens (tertiary/aromatic N) is 2. The van der Waals surface area contributed by atoms with Crippen molar-refractivity contribution >= 4 is 33.4 Å². The first-order chi connectivity index (χ1) is 9.78. The number of rotatable bonds is 4. The molecule has 0 N–H and O–H groups in total. The van der Waals surface area contributed by atoms with Crippen LogP contribution in [-0.4, -0.2) is 20.8 Å². The van der Waals surface area contributed by atoms with Crippen molar-refractivity contribution in [2.45, 2.75) is 6.92 Å². The van der Waals surface area contributed by atoms with E-state index in [0.717, 1.165) is 15.8 Å². The Balaban J connectivity index is 1.99. The van der Waals surface area contributed by atoms with Crippen LogP contribution in [0.3, 0.4) is 0 Å². The van der Waals surface area contributed by atoms with Gasteiger partial charge < -0.3 is 4.74 Å². The molecule has 4 heteroatoms. The van der Waals surface area contributed by atoms with Crippen LogP contribution in [0.25, 0.3) is 16.5 Å². The number of aromatic nitrogens is 2. The third-order valence-electron chi connectivity index (χ3n) is 3.17. The predicted octanol–water partition coefficient (Wildman–Crippen LogP) is 4.15. The average Bonchev–Trinajstić information content (AvgIpc) is 2.85. The molecule has 0 amide bonds. The standard InChI is InChI=1S/C16H15IN2O/c1-12-10-16(20-9-8-17)18-19(12)15-7-6-13-4-2-3-5-14(13)11-15/h2-7,10-11H,8-9H2,1H3. The first-order valence-corrected chi connectivity index (χ1v) is 8.05. The van der Waals surface area contributed by atoms with Gasteiger partial charge in [0, 0.05) is 16.2 Å². The molecule has 0 saturated carbocycles. The van der Waals surface area contributed by atoms with Gasteiger partial charge in [-0.3, -0.25) is 0 Å². The maximum atomic E-state index is 5.59. The molecule has 0 unspecified atom stereocenters. The number of hydrogen-bond acceptors (Lipinski definition) is 2. The third-order valence-corrected chi connectivity index (χ3v) is 3.61. The molecule has 3 rings (SSSR count). The van der Waals surface area contributed by atoms with Crippen LogP contribution in [0.1, 0.15) is 5.69 Å². The van der Waals surface area contributed by atoms with Crippen molar-refractivity contribution in [3.05, 3.63) is 54.2 Å². The zero-order valence-electron chi connectivity index (χ0n) is 11.2. The second-order valence-corrected chi connectivity index (χ2v) is 5.68. The molecule has 0 atom stereocenters. The number of ether oxygens (including phenoxy) is 1. The van der Waals surface area contributed by atoms with Gasteiger partial charge in [-0.25, -0.2) is 4.68 Å². The van der Waals surface area contributed by atoms with Crippen LogP contribution in [0.15, 0.2) is 48.5 Å². The van der Waals surface area contributed by atoms with Crippen LogP contribution in [0, 0.1) is 6.92 Å². The molecule has 1 aromatic heterocycles. The lowest BCUT2D eigenvalue weighted by Crippen LogP contribution is -2.01. The van der Waals surface area contributed by atoms with Gasteiger partial charge >= 0.3 is 0 Å². The number of fused-ring (bicyclic) bond motifs is 1. The maximum absolute atomic E-state index is 5.59. The maximum Gasteiger partial charge on any atom is 0.233 e. The van der Waals surface area contributed by atoms with Crippen LogP contribution >= 0.6 is 22.6 Å². The highest BCUT2D eigenvalue weighted by molar-refractivity contribution is 14.1. The molecule has 0 spiro atoms. The van der Waals surface area contributed by atoms with Crippen molar-refractivity contribution in [1.29, 1.82) is 0 Å². The van der Waals surface area contributed by atoms with Crippen molar-refractivity contribution in [2.24, 2.45) is 0 Å². The Morgan fingerprint density at radius 3 is 2.70 bits per heavy atom. The molecule has 2 aromatic carbocycles. The number of hydrogen-bond donors (Lipinski definition) is 0. The van der Waals surface area contributed by atoms with E-state index in [9.17, 15) is 0 Å². The SMILES string of the molecule is Cc1cc(OCCI)nn1-c1ccc2ccccc2c1. The van der Waals surface area contributed by atoms with Gasteiger partial charge in [0.25, 0.3) is 0 Å². The molecule has 0 saturated heterocycles. The van der Waals surface area contributed by atoms with E-state index < -0.39 is 0 Å². The highest BCUT2D eigenvalue weighted by Crippen LogP contribution is 2.21. The Bertz CT molecular complexity index is 736. The summed E-state index contributed by atoms with van der Waals surface area (Å²) in [7, 11) is 0. The predicted molar refractivity (Wildman–Crippen MR) is 90.2 cm³/mol. The molecule has 0 radical (unpaired) electrons. The monoisotopic (exact) mass is 378 g/mol. The van der Waals surface area contributed by atoms with E-state index in [1.165, 1.54) is 10.8 Å². The van der Waals surface area contributed by atoms with Gasteiger partial charge in [-0.05, 0) is 29.8 Å². The molecule has 0 aliphatic rings. The molecule has 102 valence electrons. The summed E-state index contributed by atoms with van der Waals surface area (Å²) >= 11 is 2.29. The summed E-state index contributed by atoms with van der Waals surface area (Å²) in [6.45, 7) is 2.73. The highest BCUT2D eigenvalue weighted by Gasteiger charge is 2.07. The van der Waals surface area contributed by atoms with Gasteiger partial charge in [0.05, 0.1) is 12.3 Å². The third kappa shape index (κ3) is 2.65. The van der Waals surface area contributed by atoms with Crippen LogP contribution in [-0.2, 0) is 0 Å². The summed E-state index contributed by atoms with van der Waals surface area (Å²) < 4.78 is 8.47. The number of alkyl halides is 1. The minimum Gasteiger partial charge on any atom is -0.476 e. The second kappa shape index (κ2) is 5.83. The smallest absolute Gasteiger partial charge is 0.233 e. The first kappa shape index (κ1) is 13.4. The van der Waals surface area contributed by atoms with Crippen LogP contribution < -0.4 is 4.74 Å². The molecule has 0 bridgehead atoms. The molecular weight excluding hydrogens is 363 g/mol. The summed E-state index contributed by atoms with van der Waals surface area (Å²) in [6, 6.07) is 16.7. The first-order valence-electron chi connectivity index (χ1n) is 6.52. The molecule has 0 aliphatic heterocycles. The Morgan fingerprint density at radius 1 is 1.10 bits per heavy atom. The topological polar surface area (TPSA) is 27.1 Å². The van der Waals surface area contributed by atoms with Gasteiger partial charge in [-0.1, -0.05) is 52.9 Å². The van der Waals surface area contributed by atoms with E-state index in [2.05, 4.69) is 70.2 Å². The van der Waals surface area contributed by atoms with E-state index in [4.69, 9.17) is 4.74 Å². The van der Waals surface area contributed by atoms with Gasteiger partial charge in [0.1, 0.15) is 0 Å². The summed E-state index contributed by atoms with van der Waals surface area (Å²) in [6.07, 6.45) is 0. The summed E-state index contributed by atoms with van der Waals surface area (Å²) in [5, 5.41) is 6.97. The van der Waals surface area contributed by atoms with E-state index in [1.807, 2.05) is 17.7 Å². The van der Waals surface area contributed by atoms with Crippen LogP contribution in [0.4, 0.5) is 0 Å². The second-order valence-electron chi connectivity index (χ2n) is 4.60. The van der Waals surface area contributed by atoms with E-state index in [1.54, 1.807) is 0 Å². The van der Waals surface area contributed by atoms with Crippen molar-refractivity contribution in [3.8, 4) is 11.6 Å². The normalized spacial score (nSPS) is 10.9. The van der Waals surface area contributed by atoms with E-state index in [0.29, 0.717) is 12.5 Å². The van der Waals surface area contributed by atoms with Gasteiger partial charge in [-0.2, -0.15) is 0 Å². The Kier molecular flexibility index (Phi) is 3.91. The fourth-order valence-corrected chi connectivity index (χ4v) is 2.45. The molecule has 3 aromatic rings. The van der Waals surface area contributed by atoms with Gasteiger partial charge in [0.15, 0.2) is 0 Å². The van der Waals surface area contributed by atoms with Crippen LogP contribution in [0.5, 0.6) is 5.88 Å². The lowest BCUT2D eigenvalue weighted by Gasteiger charge is -2.06. The quantitative estimate of drug-likeness (QED) is 0.504. The fourth-order valence-electron chi connectivity index (χ4n) is 2.23. The van der Waals surface area contributed by atoms with Crippen molar-refractivity contribution < 1.29 is 4.74 Å². The fraction of sp³-hybridized carbons (Fsp3) is 0.188. The summed E-state index contributed by atoms with van der Waals surface area (Å²) in [4.78, 5) is 0. The van der Waals surface area contributed by atoms with E-state index >= 15 is 0 Å². The minimum atomic E-state index is 0.687. The molecule has 1 heterocycles. The Morgan fingerprint density at radius 2 is 1.90 bits per heavy atom. The summed E-state index contributed by atoms with van der Waals surface area (Å²) in [5.74, 6) is 0.687. The molecule has 0 aliphatic carbocycles. The number of halogens is 1. The van der Waals surface area contributed by atoms with Crippen molar-refractivity contribution in [2.75, 3.05) is 11.0 Å². The van der Waals surface area contributed by atoms with E-state index in [-0.39, 0.29) is 0 Å². The van der Waals surface area contributed by atoms with Gasteiger partial charge in [-0.15, -0.1) is 5.10 Å². The van der Waals surface area contributed by atoms with Crippen LogP contribution in [0.2, 0.25) is 0 Å². The molecule has 20 heavy (non-hydrogen) atoms. The largest absolute Gasteiger partial charge is 0.476 e. The minimum absolute atomic E-state index is 0.687. The molecule has 3 nitrogen and oxygen atoms in total. The van der Waals surface area contributed by atoms with Gasteiger partial charge in [0.2, 0.25) is 5.88 Å². The lowest BCUT2D eigenvalue weighted by molar-refractivity contribution is 0.330. The molecular formula is C16H15IN2O. The zero-order valence-corrected chi connectivity index (χ0v) is 13.4. The molecule has 0 fully saturated rings. The highest BCUT2D eigenvalue weighted by atomic mass is 127.